The van der Waals surface area contributed by atoms with Crippen LogP contribution < -0.4 is 5.32 Å². The van der Waals surface area contributed by atoms with Crippen molar-refractivity contribution >= 4 is 17.6 Å². The molecule has 0 spiro atoms. The molecule has 0 aliphatic carbocycles. The first-order chi connectivity index (χ1) is 9.77. The van der Waals surface area contributed by atoms with E-state index >= 15 is 0 Å². The highest BCUT2D eigenvalue weighted by Crippen LogP contribution is 2.21. The molecule has 0 saturated heterocycles. The van der Waals surface area contributed by atoms with E-state index < -0.39 is 45.7 Å². The molecule has 1 unspecified atom stereocenters. The summed E-state index contributed by atoms with van der Waals surface area (Å²) in [5.74, 6) is -4.50. The number of carbonyl (C=O) groups excluding carboxylic acids is 2. The van der Waals surface area contributed by atoms with Crippen molar-refractivity contribution in [2.45, 2.75) is 19.9 Å². The zero-order chi connectivity index (χ0) is 16.2. The Labute approximate surface area is 118 Å². The van der Waals surface area contributed by atoms with Crippen LogP contribution in [0.5, 0.6) is 0 Å². The quantitative estimate of drug-likeness (QED) is 0.505. The van der Waals surface area contributed by atoms with Gasteiger partial charge in [-0.05, 0) is 13.8 Å². The second-order valence-electron chi connectivity index (χ2n) is 3.99. The third-order valence-corrected chi connectivity index (χ3v) is 2.47. The Hall–Kier alpha value is -2.58. The van der Waals surface area contributed by atoms with Gasteiger partial charge < -0.3 is 10.1 Å². The van der Waals surface area contributed by atoms with Crippen LogP contribution in [-0.2, 0) is 9.53 Å². The molecule has 0 aromatic heterocycles. The van der Waals surface area contributed by atoms with E-state index in [1.54, 1.807) is 6.92 Å². The normalized spacial score (nSPS) is 11.6. The highest BCUT2D eigenvalue weighted by Gasteiger charge is 2.24. The molecule has 1 amide bonds. The summed E-state index contributed by atoms with van der Waals surface area (Å²) in [7, 11) is 0. The second-order valence-corrected chi connectivity index (χ2v) is 3.99. The highest BCUT2D eigenvalue weighted by molar-refractivity contribution is 5.97. The predicted octanol–water partition coefficient (Wildman–Crippen LogP) is 1.55. The topological polar surface area (TPSA) is 98.5 Å². The molecule has 0 radical (unpaired) electrons. The first-order valence-electron chi connectivity index (χ1n) is 5.88. The van der Waals surface area contributed by atoms with Gasteiger partial charge >= 0.3 is 11.7 Å². The number of carbonyl (C=O) groups is 2. The van der Waals surface area contributed by atoms with E-state index in [9.17, 15) is 28.5 Å². The third kappa shape index (κ3) is 3.94. The standard InChI is InChI=1S/C12H12F2N2O5/c1-3-21-12(18)6(2)15-11(17)7-4-10(16(19)20)9(14)5-8(7)13/h4-6H,3H2,1-2H3,(H,15,17). The van der Waals surface area contributed by atoms with E-state index in [-0.39, 0.29) is 12.7 Å². The zero-order valence-corrected chi connectivity index (χ0v) is 11.2. The van der Waals surface area contributed by atoms with Crippen molar-refractivity contribution in [3.05, 3.63) is 39.4 Å². The Balaban J connectivity index is 3.00. The average Bonchev–Trinajstić information content (AvgIpc) is 2.38. The molecule has 9 heteroatoms. The van der Waals surface area contributed by atoms with Gasteiger partial charge in [0.2, 0.25) is 5.82 Å². The summed E-state index contributed by atoms with van der Waals surface area (Å²) >= 11 is 0. The van der Waals surface area contributed by atoms with E-state index in [1.165, 1.54) is 6.92 Å². The van der Waals surface area contributed by atoms with Gasteiger partial charge in [0.15, 0.2) is 0 Å². The molecule has 7 nitrogen and oxygen atoms in total. The average molecular weight is 302 g/mol. The summed E-state index contributed by atoms with van der Waals surface area (Å²) < 4.78 is 31.3. The maximum absolute atomic E-state index is 13.5. The highest BCUT2D eigenvalue weighted by atomic mass is 19.1. The minimum atomic E-state index is -1.40. The number of nitrogens with zero attached hydrogens (tertiary/aromatic N) is 1. The van der Waals surface area contributed by atoms with Crippen LogP contribution in [0.3, 0.4) is 0 Å². The van der Waals surface area contributed by atoms with E-state index in [0.29, 0.717) is 6.07 Å². The molecule has 1 N–H and O–H groups in total. The van der Waals surface area contributed by atoms with Crippen molar-refractivity contribution in [3.63, 3.8) is 0 Å². The predicted molar refractivity (Wildman–Crippen MR) is 66.6 cm³/mol. The van der Waals surface area contributed by atoms with Crippen molar-refractivity contribution in [1.29, 1.82) is 0 Å². The molecule has 0 aliphatic heterocycles. The Kier molecular flexibility index (Phi) is 5.28. The molecular formula is C12H12F2N2O5. The fourth-order valence-corrected chi connectivity index (χ4v) is 1.45. The first kappa shape index (κ1) is 16.5. The number of amides is 1. The van der Waals surface area contributed by atoms with Crippen LogP contribution in [0.25, 0.3) is 0 Å². The van der Waals surface area contributed by atoms with Crippen molar-refractivity contribution in [2.24, 2.45) is 0 Å². The van der Waals surface area contributed by atoms with E-state index in [4.69, 9.17) is 0 Å². The number of ether oxygens (including phenoxy) is 1. The van der Waals surface area contributed by atoms with Crippen molar-refractivity contribution in [3.8, 4) is 0 Å². The first-order valence-corrected chi connectivity index (χ1v) is 5.88. The summed E-state index contributed by atoms with van der Waals surface area (Å²) in [6.45, 7) is 2.95. The number of benzene rings is 1. The number of nitrogens with one attached hydrogen (secondary N) is 1. The van der Waals surface area contributed by atoms with Crippen LogP contribution in [0.1, 0.15) is 24.2 Å². The number of esters is 1. The van der Waals surface area contributed by atoms with E-state index in [2.05, 4.69) is 10.1 Å². The fraction of sp³-hybridized carbons (Fsp3) is 0.333. The van der Waals surface area contributed by atoms with E-state index in [1.807, 2.05) is 0 Å². The van der Waals surface area contributed by atoms with Gasteiger partial charge in [-0.1, -0.05) is 0 Å². The van der Waals surface area contributed by atoms with Gasteiger partial charge in [-0.15, -0.1) is 0 Å². The Morgan fingerprint density at radius 2 is 2.00 bits per heavy atom. The molecule has 21 heavy (non-hydrogen) atoms. The number of hydrogen-bond acceptors (Lipinski definition) is 5. The minimum absolute atomic E-state index is 0.0927. The Morgan fingerprint density at radius 3 is 2.52 bits per heavy atom. The van der Waals surface area contributed by atoms with Crippen molar-refractivity contribution in [1.82, 2.24) is 5.32 Å². The van der Waals surface area contributed by atoms with Gasteiger partial charge in [-0.25, -0.2) is 9.18 Å². The summed E-state index contributed by atoms with van der Waals surface area (Å²) in [5.41, 5.74) is -1.77. The van der Waals surface area contributed by atoms with Gasteiger partial charge in [0.25, 0.3) is 5.91 Å². The molecule has 0 heterocycles. The van der Waals surface area contributed by atoms with Gasteiger partial charge in [0.1, 0.15) is 11.9 Å². The van der Waals surface area contributed by atoms with Gasteiger partial charge in [-0.2, -0.15) is 4.39 Å². The van der Waals surface area contributed by atoms with Crippen LogP contribution in [0.4, 0.5) is 14.5 Å². The van der Waals surface area contributed by atoms with Crippen LogP contribution in [0.2, 0.25) is 0 Å². The van der Waals surface area contributed by atoms with Crippen LogP contribution >= 0.6 is 0 Å². The van der Waals surface area contributed by atoms with Crippen LogP contribution in [-0.4, -0.2) is 29.4 Å². The molecule has 0 bridgehead atoms. The molecule has 1 aromatic carbocycles. The molecular weight excluding hydrogens is 290 g/mol. The number of nitro benzene ring substituents is 1. The molecule has 1 atom stereocenters. The number of nitro groups is 1. The lowest BCUT2D eigenvalue weighted by molar-refractivity contribution is -0.387. The van der Waals surface area contributed by atoms with Crippen LogP contribution in [0, 0.1) is 21.7 Å². The third-order valence-electron chi connectivity index (χ3n) is 2.47. The monoisotopic (exact) mass is 302 g/mol. The maximum Gasteiger partial charge on any atom is 0.328 e. The lowest BCUT2D eigenvalue weighted by Crippen LogP contribution is -2.39. The second kappa shape index (κ2) is 6.73. The van der Waals surface area contributed by atoms with Gasteiger partial charge in [0, 0.05) is 12.1 Å². The molecule has 0 aliphatic rings. The SMILES string of the molecule is CCOC(=O)C(C)NC(=O)c1cc([N+](=O)[O-])c(F)cc1F. The largest absolute Gasteiger partial charge is 0.464 e. The molecule has 0 saturated carbocycles. The zero-order valence-electron chi connectivity index (χ0n) is 11.2. The maximum atomic E-state index is 13.5. The summed E-state index contributed by atoms with van der Waals surface area (Å²) in [6, 6.07) is -0.374. The van der Waals surface area contributed by atoms with E-state index in [0.717, 1.165) is 0 Å². The molecule has 0 fully saturated rings. The summed E-state index contributed by atoms with van der Waals surface area (Å²) in [5, 5.41) is 12.7. The number of hydrogen-bond donors (Lipinski definition) is 1. The Bertz CT molecular complexity index is 591. The Morgan fingerprint density at radius 1 is 1.38 bits per heavy atom. The minimum Gasteiger partial charge on any atom is -0.464 e. The molecule has 1 aromatic rings. The summed E-state index contributed by atoms with van der Waals surface area (Å²) in [6.07, 6.45) is 0. The van der Waals surface area contributed by atoms with Crippen molar-refractivity contribution in [2.75, 3.05) is 6.61 Å². The summed E-state index contributed by atoms with van der Waals surface area (Å²) in [4.78, 5) is 32.6. The number of halogens is 2. The molecule has 114 valence electrons. The van der Waals surface area contributed by atoms with Gasteiger partial charge in [-0.3, -0.25) is 14.9 Å². The lowest BCUT2D eigenvalue weighted by atomic mass is 10.1. The lowest BCUT2D eigenvalue weighted by Gasteiger charge is -2.12. The van der Waals surface area contributed by atoms with Crippen LogP contribution in [0.15, 0.2) is 12.1 Å². The molecule has 1 rings (SSSR count). The number of rotatable bonds is 5. The van der Waals surface area contributed by atoms with Crippen molar-refractivity contribution < 1.29 is 28.0 Å². The fourth-order valence-electron chi connectivity index (χ4n) is 1.45. The van der Waals surface area contributed by atoms with Gasteiger partial charge in [0.05, 0.1) is 17.1 Å². The smallest absolute Gasteiger partial charge is 0.328 e.